The van der Waals surface area contributed by atoms with Gasteiger partial charge in [-0.15, -0.1) is 0 Å². The molecule has 0 amide bonds. The number of hydrazine groups is 1. The number of hydrogen-bond donors (Lipinski definition) is 1. The molecule has 0 aliphatic rings. The van der Waals surface area contributed by atoms with Gasteiger partial charge in [0.15, 0.2) is 0 Å². The first kappa shape index (κ1) is 19.9. The molecule has 0 fully saturated rings. The lowest BCUT2D eigenvalue weighted by molar-refractivity contribution is 0.177. The fraction of sp³-hybridized carbons (Fsp3) is 1.00. The third kappa shape index (κ3) is 14.3. The Balaban J connectivity index is 3.67. The summed E-state index contributed by atoms with van der Waals surface area (Å²) < 4.78 is 0. The van der Waals surface area contributed by atoms with Crippen LogP contribution in [0.25, 0.3) is 0 Å². The van der Waals surface area contributed by atoms with E-state index in [0.29, 0.717) is 0 Å². The van der Waals surface area contributed by atoms with Gasteiger partial charge >= 0.3 is 0 Å². The molecule has 20 heavy (non-hydrogen) atoms. The maximum atomic E-state index is 3.67. The summed E-state index contributed by atoms with van der Waals surface area (Å²) in [7, 11) is 0. The molecular weight excluding hydrogens is 244 g/mol. The van der Waals surface area contributed by atoms with Gasteiger partial charge in [0.1, 0.15) is 0 Å². The smallest absolute Gasteiger partial charge is 0.0130 e. The molecule has 1 N–H and O–H groups in total. The van der Waals surface area contributed by atoms with E-state index in [0.717, 1.165) is 0 Å². The lowest BCUT2D eigenvalue weighted by Gasteiger charge is -2.23. The zero-order chi connectivity index (χ0) is 14.9. The Morgan fingerprint density at radius 2 is 1.00 bits per heavy atom. The Morgan fingerprint density at radius 1 is 0.550 bits per heavy atom. The van der Waals surface area contributed by atoms with Crippen molar-refractivity contribution in [3.05, 3.63) is 0 Å². The standard InChI is InChI=1S/C18H40N2/c1-4-7-10-13-16-19-20(17-14-11-8-5-2)18-15-12-9-6-3/h19H,4-18H2,1-3H3. The van der Waals surface area contributed by atoms with Gasteiger partial charge in [0.05, 0.1) is 0 Å². The van der Waals surface area contributed by atoms with Crippen molar-refractivity contribution < 1.29 is 0 Å². The predicted molar refractivity (Wildman–Crippen MR) is 92.0 cm³/mol. The first-order chi connectivity index (χ1) is 9.85. The molecular formula is C18H40N2. The van der Waals surface area contributed by atoms with Crippen molar-refractivity contribution in [3.8, 4) is 0 Å². The molecule has 0 aliphatic heterocycles. The fourth-order valence-electron chi connectivity index (χ4n) is 2.52. The van der Waals surface area contributed by atoms with Crippen LogP contribution in [-0.2, 0) is 0 Å². The Kier molecular flexibility index (Phi) is 16.9. The average molecular weight is 285 g/mol. The van der Waals surface area contributed by atoms with E-state index >= 15 is 0 Å². The zero-order valence-corrected chi connectivity index (χ0v) is 14.6. The highest BCUT2D eigenvalue weighted by atomic mass is 15.5. The van der Waals surface area contributed by atoms with Crippen LogP contribution in [0.5, 0.6) is 0 Å². The summed E-state index contributed by atoms with van der Waals surface area (Å²) in [4.78, 5) is 0. The molecule has 122 valence electrons. The summed E-state index contributed by atoms with van der Waals surface area (Å²) in [5.41, 5.74) is 3.67. The summed E-state index contributed by atoms with van der Waals surface area (Å²) in [6.07, 6.45) is 16.3. The van der Waals surface area contributed by atoms with E-state index in [1.165, 1.54) is 96.7 Å². The Bertz CT molecular complexity index is 159. The molecule has 0 saturated carbocycles. The number of unbranched alkanes of at least 4 members (excludes halogenated alkanes) is 9. The van der Waals surface area contributed by atoms with Crippen molar-refractivity contribution in [2.24, 2.45) is 0 Å². The maximum Gasteiger partial charge on any atom is 0.0130 e. The van der Waals surface area contributed by atoms with E-state index < -0.39 is 0 Å². The van der Waals surface area contributed by atoms with Crippen LogP contribution < -0.4 is 5.43 Å². The molecule has 0 heterocycles. The van der Waals surface area contributed by atoms with Crippen LogP contribution >= 0.6 is 0 Å². The molecule has 0 aromatic carbocycles. The fourth-order valence-corrected chi connectivity index (χ4v) is 2.52. The van der Waals surface area contributed by atoms with Crippen LogP contribution in [0.2, 0.25) is 0 Å². The molecule has 0 rings (SSSR count). The highest BCUT2D eigenvalue weighted by Crippen LogP contribution is 2.04. The first-order valence-electron chi connectivity index (χ1n) is 9.33. The van der Waals surface area contributed by atoms with E-state index in [-0.39, 0.29) is 0 Å². The SMILES string of the molecule is CCCCCCNN(CCCCCC)CCCCCC. The van der Waals surface area contributed by atoms with Crippen molar-refractivity contribution >= 4 is 0 Å². The molecule has 0 aromatic heterocycles. The monoisotopic (exact) mass is 284 g/mol. The summed E-state index contributed by atoms with van der Waals surface area (Å²) in [6.45, 7) is 10.5. The van der Waals surface area contributed by atoms with Gasteiger partial charge in [-0.2, -0.15) is 0 Å². The van der Waals surface area contributed by atoms with Crippen LogP contribution in [0.3, 0.4) is 0 Å². The second-order valence-electron chi connectivity index (χ2n) is 6.08. The predicted octanol–water partition coefficient (Wildman–Crippen LogP) is 5.53. The van der Waals surface area contributed by atoms with Gasteiger partial charge in [0.2, 0.25) is 0 Å². The van der Waals surface area contributed by atoms with Crippen molar-refractivity contribution in [1.29, 1.82) is 0 Å². The van der Waals surface area contributed by atoms with Gasteiger partial charge in [0, 0.05) is 19.6 Å². The summed E-state index contributed by atoms with van der Waals surface area (Å²) in [6, 6.07) is 0. The average Bonchev–Trinajstić information content (AvgIpc) is 2.47. The number of rotatable bonds is 16. The minimum Gasteiger partial charge on any atom is -0.255 e. The molecule has 0 aliphatic carbocycles. The van der Waals surface area contributed by atoms with Gasteiger partial charge in [-0.1, -0.05) is 78.6 Å². The van der Waals surface area contributed by atoms with E-state index in [4.69, 9.17) is 0 Å². The van der Waals surface area contributed by atoms with Crippen LogP contribution in [0.1, 0.15) is 97.8 Å². The third-order valence-electron chi connectivity index (χ3n) is 3.93. The second kappa shape index (κ2) is 17.0. The van der Waals surface area contributed by atoms with Crippen molar-refractivity contribution in [2.45, 2.75) is 97.8 Å². The van der Waals surface area contributed by atoms with Gasteiger partial charge in [-0.05, 0) is 19.3 Å². The van der Waals surface area contributed by atoms with E-state index in [1.807, 2.05) is 0 Å². The highest BCUT2D eigenvalue weighted by Gasteiger charge is 2.03. The number of nitrogens with one attached hydrogen (secondary N) is 1. The van der Waals surface area contributed by atoms with Gasteiger partial charge < -0.3 is 0 Å². The Hall–Kier alpha value is -0.0800. The molecule has 0 radical (unpaired) electrons. The topological polar surface area (TPSA) is 15.3 Å². The normalized spacial score (nSPS) is 11.4. The van der Waals surface area contributed by atoms with E-state index in [1.54, 1.807) is 0 Å². The molecule has 0 unspecified atom stereocenters. The maximum absolute atomic E-state index is 3.67. The molecule has 0 saturated heterocycles. The van der Waals surface area contributed by atoms with Gasteiger partial charge in [0.25, 0.3) is 0 Å². The number of nitrogens with zero attached hydrogens (tertiary/aromatic N) is 1. The molecule has 2 nitrogen and oxygen atoms in total. The van der Waals surface area contributed by atoms with E-state index in [9.17, 15) is 0 Å². The molecule has 0 bridgehead atoms. The third-order valence-corrected chi connectivity index (χ3v) is 3.93. The quantitative estimate of drug-likeness (QED) is 0.296. The van der Waals surface area contributed by atoms with Crippen molar-refractivity contribution in [2.75, 3.05) is 19.6 Å². The zero-order valence-electron chi connectivity index (χ0n) is 14.6. The lowest BCUT2D eigenvalue weighted by Crippen LogP contribution is -2.40. The Labute approximate surface area is 128 Å². The molecule has 2 heteroatoms. The van der Waals surface area contributed by atoms with Gasteiger partial charge in [-0.25, -0.2) is 5.01 Å². The Morgan fingerprint density at radius 3 is 1.45 bits per heavy atom. The minimum absolute atomic E-state index is 1.17. The van der Waals surface area contributed by atoms with Crippen molar-refractivity contribution in [1.82, 2.24) is 10.4 Å². The van der Waals surface area contributed by atoms with Crippen LogP contribution in [-0.4, -0.2) is 24.6 Å². The summed E-state index contributed by atoms with van der Waals surface area (Å²) in [5, 5.41) is 2.50. The second-order valence-corrected chi connectivity index (χ2v) is 6.08. The summed E-state index contributed by atoms with van der Waals surface area (Å²) in [5.74, 6) is 0. The van der Waals surface area contributed by atoms with Crippen LogP contribution in [0, 0.1) is 0 Å². The molecule has 0 aromatic rings. The van der Waals surface area contributed by atoms with Crippen LogP contribution in [0.15, 0.2) is 0 Å². The first-order valence-corrected chi connectivity index (χ1v) is 9.33. The highest BCUT2D eigenvalue weighted by molar-refractivity contribution is 4.55. The van der Waals surface area contributed by atoms with Crippen LogP contribution in [0.4, 0.5) is 0 Å². The van der Waals surface area contributed by atoms with Gasteiger partial charge in [-0.3, -0.25) is 5.43 Å². The minimum atomic E-state index is 1.17. The van der Waals surface area contributed by atoms with Crippen molar-refractivity contribution in [3.63, 3.8) is 0 Å². The largest absolute Gasteiger partial charge is 0.255 e. The molecule has 0 atom stereocenters. The molecule has 0 spiro atoms. The summed E-state index contributed by atoms with van der Waals surface area (Å²) >= 11 is 0. The number of hydrogen-bond acceptors (Lipinski definition) is 2. The lowest BCUT2D eigenvalue weighted by atomic mass is 10.2. The van der Waals surface area contributed by atoms with E-state index in [2.05, 4.69) is 31.2 Å².